The van der Waals surface area contributed by atoms with Crippen molar-refractivity contribution in [3.05, 3.63) is 23.4 Å². The Labute approximate surface area is 129 Å². The summed E-state index contributed by atoms with van der Waals surface area (Å²) in [7, 11) is 1.85. The van der Waals surface area contributed by atoms with Crippen molar-refractivity contribution in [2.45, 2.75) is 18.0 Å². The molecule has 7 nitrogen and oxygen atoms in total. The van der Waals surface area contributed by atoms with Gasteiger partial charge in [-0.05, 0) is 17.9 Å². The topological polar surface area (TPSA) is 95.7 Å². The zero-order chi connectivity index (χ0) is 14.7. The Morgan fingerprint density at radius 3 is 3.05 bits per heavy atom. The highest BCUT2D eigenvalue weighted by molar-refractivity contribution is 7.99. The summed E-state index contributed by atoms with van der Waals surface area (Å²) >= 11 is 3.21. The lowest BCUT2D eigenvalue weighted by molar-refractivity contribution is 0.378. The third-order valence-corrected chi connectivity index (χ3v) is 4.82. The van der Waals surface area contributed by atoms with Crippen molar-refractivity contribution in [1.82, 2.24) is 24.9 Å². The number of aromatic nitrogens is 5. The molecule has 3 heterocycles. The molecule has 3 rings (SSSR count). The number of hydrogen-bond acceptors (Lipinski definition) is 8. The van der Waals surface area contributed by atoms with Crippen molar-refractivity contribution >= 4 is 29.0 Å². The van der Waals surface area contributed by atoms with Crippen LogP contribution in [0.2, 0.25) is 0 Å². The summed E-state index contributed by atoms with van der Waals surface area (Å²) in [4.78, 5) is 5.41. The molecule has 0 bridgehead atoms. The van der Waals surface area contributed by atoms with E-state index in [1.807, 2.05) is 24.6 Å². The van der Waals surface area contributed by atoms with Crippen LogP contribution in [0.5, 0.6) is 0 Å². The van der Waals surface area contributed by atoms with Gasteiger partial charge in [0, 0.05) is 19.2 Å². The molecule has 0 fully saturated rings. The fourth-order valence-electron chi connectivity index (χ4n) is 1.70. The Morgan fingerprint density at radius 2 is 2.33 bits per heavy atom. The molecule has 21 heavy (non-hydrogen) atoms. The number of hydrogen-bond donors (Lipinski definition) is 1. The third-order valence-electron chi connectivity index (χ3n) is 2.84. The normalized spacial score (nSPS) is 11.1. The summed E-state index contributed by atoms with van der Waals surface area (Å²) in [5.41, 5.74) is 5.63. The number of thioether (sulfide) groups is 1. The van der Waals surface area contributed by atoms with Gasteiger partial charge in [-0.15, -0.1) is 21.5 Å². The van der Waals surface area contributed by atoms with Crippen LogP contribution in [0.25, 0.3) is 10.7 Å². The minimum atomic E-state index is 0.426. The Morgan fingerprint density at radius 1 is 1.43 bits per heavy atom. The van der Waals surface area contributed by atoms with Crippen LogP contribution >= 0.6 is 23.1 Å². The first-order chi connectivity index (χ1) is 10.2. The van der Waals surface area contributed by atoms with E-state index in [1.54, 1.807) is 27.7 Å². The fourth-order valence-corrected chi connectivity index (χ4v) is 3.21. The van der Waals surface area contributed by atoms with Gasteiger partial charge in [0.2, 0.25) is 17.7 Å². The second-order valence-electron chi connectivity index (χ2n) is 4.34. The van der Waals surface area contributed by atoms with E-state index in [0.29, 0.717) is 17.7 Å². The minimum Gasteiger partial charge on any atom is -0.368 e. The molecule has 0 saturated carbocycles. The van der Waals surface area contributed by atoms with E-state index in [2.05, 4.69) is 20.3 Å². The average molecular weight is 322 g/mol. The van der Waals surface area contributed by atoms with Crippen LogP contribution in [-0.4, -0.2) is 30.7 Å². The van der Waals surface area contributed by atoms with Gasteiger partial charge in [-0.2, -0.15) is 4.98 Å². The summed E-state index contributed by atoms with van der Waals surface area (Å²) in [6.45, 7) is 0. The fraction of sp³-hybridized carbons (Fsp3) is 0.333. The predicted molar refractivity (Wildman–Crippen MR) is 82.1 cm³/mol. The minimum absolute atomic E-state index is 0.426. The van der Waals surface area contributed by atoms with E-state index in [0.717, 1.165) is 28.6 Å². The van der Waals surface area contributed by atoms with Crippen LogP contribution < -0.4 is 5.73 Å². The molecule has 0 radical (unpaired) electrons. The highest BCUT2D eigenvalue weighted by Gasteiger charge is 2.10. The number of rotatable bonds is 6. The van der Waals surface area contributed by atoms with Crippen LogP contribution in [0.15, 0.2) is 27.2 Å². The molecule has 0 atom stereocenters. The zero-order valence-corrected chi connectivity index (χ0v) is 13.0. The van der Waals surface area contributed by atoms with Gasteiger partial charge >= 0.3 is 0 Å². The van der Waals surface area contributed by atoms with E-state index in [1.165, 1.54) is 0 Å². The first-order valence-electron chi connectivity index (χ1n) is 6.38. The Kier molecular flexibility index (Phi) is 4.20. The number of thiophene rings is 1. The largest absolute Gasteiger partial charge is 0.368 e. The maximum Gasteiger partial charge on any atom is 0.227 e. The maximum atomic E-state index is 5.63. The van der Waals surface area contributed by atoms with E-state index in [9.17, 15) is 0 Å². The molecule has 0 aromatic carbocycles. The van der Waals surface area contributed by atoms with Crippen LogP contribution in [0.1, 0.15) is 12.3 Å². The monoisotopic (exact) mass is 322 g/mol. The summed E-state index contributed by atoms with van der Waals surface area (Å²) in [6.07, 6.45) is 1.67. The number of anilines is 1. The highest BCUT2D eigenvalue weighted by atomic mass is 32.2. The lowest BCUT2D eigenvalue weighted by Crippen LogP contribution is -1.98. The zero-order valence-electron chi connectivity index (χ0n) is 11.4. The Hall–Kier alpha value is -1.87. The van der Waals surface area contributed by atoms with E-state index >= 15 is 0 Å². The van der Waals surface area contributed by atoms with Crippen molar-refractivity contribution in [3.63, 3.8) is 0 Å². The summed E-state index contributed by atoms with van der Waals surface area (Å²) in [6, 6.07) is 3.95. The summed E-state index contributed by atoms with van der Waals surface area (Å²) in [5, 5.41) is 14.6. The van der Waals surface area contributed by atoms with Gasteiger partial charge < -0.3 is 10.3 Å². The quantitative estimate of drug-likeness (QED) is 0.549. The summed E-state index contributed by atoms with van der Waals surface area (Å²) in [5.74, 6) is 2.64. The van der Waals surface area contributed by atoms with Gasteiger partial charge in [0.05, 0.1) is 4.88 Å². The Balaban J connectivity index is 1.49. The lowest BCUT2D eigenvalue weighted by atomic mass is 10.3. The first kappa shape index (κ1) is 14.1. The van der Waals surface area contributed by atoms with Gasteiger partial charge in [0.25, 0.3) is 0 Å². The SMILES string of the molecule is Cn1c(N)nnc1SCCCc1nc(-c2cccs2)no1. The molecule has 110 valence electrons. The average Bonchev–Trinajstić information content (AvgIpc) is 3.20. The molecule has 0 aliphatic heterocycles. The molecular formula is C12H14N6OS2. The number of nitrogen functional groups attached to an aromatic ring is 1. The third kappa shape index (κ3) is 3.24. The van der Waals surface area contributed by atoms with Crippen LogP contribution in [0.4, 0.5) is 5.95 Å². The molecule has 2 N–H and O–H groups in total. The van der Waals surface area contributed by atoms with Crippen molar-refractivity contribution in [1.29, 1.82) is 0 Å². The molecule has 3 aromatic heterocycles. The van der Waals surface area contributed by atoms with Crippen molar-refractivity contribution in [3.8, 4) is 10.7 Å². The number of nitrogens with zero attached hydrogens (tertiary/aromatic N) is 5. The molecule has 0 saturated heterocycles. The van der Waals surface area contributed by atoms with Crippen molar-refractivity contribution < 1.29 is 4.52 Å². The van der Waals surface area contributed by atoms with Gasteiger partial charge in [0.1, 0.15) is 0 Å². The van der Waals surface area contributed by atoms with Gasteiger partial charge in [-0.1, -0.05) is 23.0 Å². The maximum absolute atomic E-state index is 5.63. The molecule has 0 aliphatic carbocycles. The molecule has 0 aliphatic rings. The number of aryl methyl sites for hydroxylation is 1. The summed E-state index contributed by atoms with van der Waals surface area (Å²) < 4.78 is 7.02. The van der Waals surface area contributed by atoms with Crippen molar-refractivity contribution in [2.75, 3.05) is 11.5 Å². The molecular weight excluding hydrogens is 308 g/mol. The van der Waals surface area contributed by atoms with Crippen LogP contribution in [-0.2, 0) is 13.5 Å². The molecule has 3 aromatic rings. The highest BCUT2D eigenvalue weighted by Crippen LogP contribution is 2.22. The van der Waals surface area contributed by atoms with Crippen molar-refractivity contribution in [2.24, 2.45) is 7.05 Å². The standard InChI is InChI=1S/C12H14N6OS2/c1-18-11(13)15-16-12(18)21-7-3-5-9-14-10(17-19-9)8-4-2-6-20-8/h2,4,6H,3,5,7H2,1H3,(H2,13,15). The predicted octanol–water partition coefficient (Wildman–Crippen LogP) is 2.23. The smallest absolute Gasteiger partial charge is 0.227 e. The van der Waals surface area contributed by atoms with Crippen LogP contribution in [0.3, 0.4) is 0 Å². The molecule has 0 amide bonds. The van der Waals surface area contributed by atoms with E-state index in [-0.39, 0.29) is 0 Å². The molecule has 0 unspecified atom stereocenters. The van der Waals surface area contributed by atoms with Gasteiger partial charge in [0.15, 0.2) is 5.16 Å². The molecule has 9 heteroatoms. The van der Waals surface area contributed by atoms with Crippen LogP contribution in [0, 0.1) is 0 Å². The molecule has 0 spiro atoms. The van der Waals surface area contributed by atoms with Gasteiger partial charge in [-0.3, -0.25) is 4.57 Å². The lowest BCUT2D eigenvalue weighted by Gasteiger charge is -1.99. The van der Waals surface area contributed by atoms with E-state index < -0.39 is 0 Å². The number of nitrogens with two attached hydrogens (primary N) is 1. The Bertz CT molecular complexity index is 705. The first-order valence-corrected chi connectivity index (χ1v) is 8.24. The second-order valence-corrected chi connectivity index (χ2v) is 6.35. The van der Waals surface area contributed by atoms with Gasteiger partial charge in [-0.25, -0.2) is 0 Å². The second kappa shape index (κ2) is 6.27. The van der Waals surface area contributed by atoms with E-state index in [4.69, 9.17) is 10.3 Å².